The number of halogens is 1. The van der Waals surface area contributed by atoms with Crippen molar-refractivity contribution in [3.63, 3.8) is 0 Å². The number of phenolic OH excluding ortho intramolecular Hbond substituents is 1. The third-order valence-corrected chi connectivity index (χ3v) is 4.74. The molecule has 1 atom stereocenters. The zero-order chi connectivity index (χ0) is 20.6. The average Bonchev–Trinajstić information content (AvgIpc) is 2.72. The van der Waals surface area contributed by atoms with Crippen molar-refractivity contribution in [2.45, 2.75) is 25.3 Å². The molecule has 4 nitrogen and oxygen atoms in total. The highest BCUT2D eigenvalue weighted by Crippen LogP contribution is 2.22. The molecule has 0 spiro atoms. The SMILES string of the molecule is COc1ccc(CCC(=O)NC(Cc2cccc(O)c2)c2ccccc2)cc1F. The van der Waals surface area contributed by atoms with Gasteiger partial charge >= 0.3 is 0 Å². The van der Waals surface area contributed by atoms with Crippen LogP contribution in [-0.2, 0) is 17.6 Å². The largest absolute Gasteiger partial charge is 0.508 e. The second-order valence-corrected chi connectivity index (χ2v) is 6.87. The number of rotatable bonds is 8. The molecule has 3 rings (SSSR count). The van der Waals surface area contributed by atoms with Gasteiger partial charge in [0.15, 0.2) is 11.6 Å². The van der Waals surface area contributed by atoms with E-state index >= 15 is 0 Å². The van der Waals surface area contributed by atoms with Crippen LogP contribution < -0.4 is 10.1 Å². The number of carbonyl (C=O) groups excluding carboxylic acids is 1. The Balaban J connectivity index is 1.67. The van der Waals surface area contributed by atoms with Crippen LogP contribution in [0.3, 0.4) is 0 Å². The van der Waals surface area contributed by atoms with E-state index in [9.17, 15) is 14.3 Å². The fraction of sp³-hybridized carbons (Fsp3) is 0.208. The molecule has 0 heterocycles. The Hall–Kier alpha value is -3.34. The first-order valence-corrected chi connectivity index (χ1v) is 9.50. The lowest BCUT2D eigenvalue weighted by Crippen LogP contribution is -2.30. The van der Waals surface area contributed by atoms with E-state index in [1.54, 1.807) is 30.3 Å². The van der Waals surface area contributed by atoms with Gasteiger partial charge in [0.1, 0.15) is 5.75 Å². The quantitative estimate of drug-likeness (QED) is 0.589. The predicted molar refractivity (Wildman–Crippen MR) is 110 cm³/mol. The molecule has 29 heavy (non-hydrogen) atoms. The van der Waals surface area contributed by atoms with Crippen LogP contribution in [0.2, 0.25) is 0 Å². The van der Waals surface area contributed by atoms with E-state index < -0.39 is 5.82 Å². The Labute approximate surface area is 170 Å². The zero-order valence-electron chi connectivity index (χ0n) is 16.3. The minimum Gasteiger partial charge on any atom is -0.508 e. The van der Waals surface area contributed by atoms with E-state index in [4.69, 9.17) is 4.74 Å². The molecule has 0 aliphatic rings. The minimum absolute atomic E-state index is 0.116. The summed E-state index contributed by atoms with van der Waals surface area (Å²) in [6.07, 6.45) is 1.23. The third-order valence-electron chi connectivity index (χ3n) is 4.74. The molecular formula is C24H24FNO3. The summed E-state index contributed by atoms with van der Waals surface area (Å²) in [4.78, 5) is 12.6. The smallest absolute Gasteiger partial charge is 0.220 e. The van der Waals surface area contributed by atoms with Gasteiger partial charge < -0.3 is 15.2 Å². The van der Waals surface area contributed by atoms with Crippen LogP contribution in [0, 0.1) is 5.82 Å². The number of aromatic hydroxyl groups is 1. The summed E-state index contributed by atoms with van der Waals surface area (Å²) in [7, 11) is 1.42. The highest BCUT2D eigenvalue weighted by molar-refractivity contribution is 5.76. The third kappa shape index (κ3) is 5.82. The van der Waals surface area contributed by atoms with Crippen molar-refractivity contribution in [1.29, 1.82) is 0 Å². The van der Waals surface area contributed by atoms with Gasteiger partial charge in [0.25, 0.3) is 0 Å². The van der Waals surface area contributed by atoms with Gasteiger partial charge in [-0.2, -0.15) is 0 Å². The molecule has 2 N–H and O–H groups in total. The number of amides is 1. The monoisotopic (exact) mass is 393 g/mol. The maximum Gasteiger partial charge on any atom is 0.220 e. The minimum atomic E-state index is -0.434. The number of benzene rings is 3. The molecule has 0 bridgehead atoms. The number of aryl methyl sites for hydroxylation is 1. The highest BCUT2D eigenvalue weighted by atomic mass is 19.1. The number of ether oxygens (including phenoxy) is 1. The summed E-state index contributed by atoms with van der Waals surface area (Å²) >= 11 is 0. The molecule has 0 fully saturated rings. The lowest BCUT2D eigenvalue weighted by molar-refractivity contribution is -0.121. The Morgan fingerprint density at radius 2 is 1.83 bits per heavy atom. The maximum absolute atomic E-state index is 13.8. The Bertz CT molecular complexity index is 959. The summed E-state index contributed by atoms with van der Waals surface area (Å²) in [6.45, 7) is 0. The van der Waals surface area contributed by atoms with Crippen molar-refractivity contribution in [3.05, 3.63) is 95.3 Å². The molecule has 1 unspecified atom stereocenters. The molecule has 0 aromatic heterocycles. The normalized spacial score (nSPS) is 11.7. The van der Waals surface area contributed by atoms with Gasteiger partial charge in [-0.05, 0) is 53.8 Å². The first-order chi connectivity index (χ1) is 14.0. The molecule has 1 amide bonds. The van der Waals surface area contributed by atoms with E-state index in [-0.39, 0.29) is 29.9 Å². The number of methoxy groups -OCH3 is 1. The van der Waals surface area contributed by atoms with Crippen LogP contribution >= 0.6 is 0 Å². The van der Waals surface area contributed by atoms with Gasteiger partial charge in [-0.15, -0.1) is 0 Å². The van der Waals surface area contributed by atoms with E-state index in [2.05, 4.69) is 5.32 Å². The summed E-state index contributed by atoms with van der Waals surface area (Å²) < 4.78 is 18.8. The number of hydrogen-bond donors (Lipinski definition) is 2. The van der Waals surface area contributed by atoms with Crippen LogP contribution in [-0.4, -0.2) is 18.1 Å². The van der Waals surface area contributed by atoms with E-state index in [0.717, 1.165) is 16.7 Å². The van der Waals surface area contributed by atoms with Gasteiger partial charge in [-0.1, -0.05) is 48.5 Å². The van der Waals surface area contributed by atoms with Crippen LogP contribution in [0.5, 0.6) is 11.5 Å². The summed E-state index contributed by atoms with van der Waals surface area (Å²) in [5.74, 6) is -0.165. The van der Waals surface area contributed by atoms with Crippen molar-refractivity contribution in [1.82, 2.24) is 5.32 Å². The van der Waals surface area contributed by atoms with E-state index in [0.29, 0.717) is 12.8 Å². The highest BCUT2D eigenvalue weighted by Gasteiger charge is 2.16. The van der Waals surface area contributed by atoms with Gasteiger partial charge in [0.05, 0.1) is 13.2 Å². The van der Waals surface area contributed by atoms with Gasteiger partial charge in [0.2, 0.25) is 5.91 Å². The van der Waals surface area contributed by atoms with Crippen LogP contribution in [0.25, 0.3) is 0 Å². The average molecular weight is 393 g/mol. The van der Waals surface area contributed by atoms with Gasteiger partial charge in [0, 0.05) is 6.42 Å². The molecule has 0 radical (unpaired) electrons. The van der Waals surface area contributed by atoms with Gasteiger partial charge in [-0.25, -0.2) is 4.39 Å². The Morgan fingerprint density at radius 1 is 1.03 bits per heavy atom. The first-order valence-electron chi connectivity index (χ1n) is 9.50. The molecule has 0 saturated heterocycles. The van der Waals surface area contributed by atoms with Gasteiger partial charge in [-0.3, -0.25) is 4.79 Å². The first kappa shape index (κ1) is 20.4. The van der Waals surface area contributed by atoms with Crippen molar-refractivity contribution < 1.29 is 19.0 Å². The van der Waals surface area contributed by atoms with Crippen LogP contribution in [0.4, 0.5) is 4.39 Å². The molecular weight excluding hydrogens is 369 g/mol. The molecule has 0 aliphatic heterocycles. The lowest BCUT2D eigenvalue weighted by atomic mass is 9.98. The number of nitrogens with one attached hydrogen (secondary N) is 1. The summed E-state index contributed by atoms with van der Waals surface area (Å²) in [6, 6.07) is 21.2. The van der Waals surface area contributed by atoms with Crippen molar-refractivity contribution in [3.8, 4) is 11.5 Å². The Morgan fingerprint density at radius 3 is 2.52 bits per heavy atom. The summed E-state index contributed by atoms with van der Waals surface area (Å²) in [5, 5.41) is 12.8. The van der Waals surface area contributed by atoms with Crippen LogP contribution in [0.15, 0.2) is 72.8 Å². The summed E-state index contributed by atoms with van der Waals surface area (Å²) in [5.41, 5.74) is 2.65. The molecule has 3 aromatic carbocycles. The van der Waals surface area contributed by atoms with Crippen molar-refractivity contribution in [2.75, 3.05) is 7.11 Å². The molecule has 5 heteroatoms. The Kier molecular flexibility index (Phi) is 6.85. The molecule has 0 aliphatic carbocycles. The molecule has 0 saturated carbocycles. The number of carbonyl (C=O) groups is 1. The molecule has 3 aromatic rings. The molecule has 150 valence electrons. The number of phenols is 1. The predicted octanol–water partition coefficient (Wildman–Crippen LogP) is 4.57. The maximum atomic E-state index is 13.8. The zero-order valence-corrected chi connectivity index (χ0v) is 16.3. The lowest BCUT2D eigenvalue weighted by Gasteiger charge is -2.20. The topological polar surface area (TPSA) is 58.6 Å². The van der Waals surface area contributed by atoms with Crippen LogP contribution in [0.1, 0.15) is 29.2 Å². The second-order valence-electron chi connectivity index (χ2n) is 6.87. The fourth-order valence-corrected chi connectivity index (χ4v) is 3.25. The standard InChI is InChI=1S/C24H24FNO3/c1-29-23-12-10-17(15-21(23)25)11-13-24(28)26-22(19-7-3-2-4-8-19)16-18-6-5-9-20(27)14-18/h2-10,12,14-15,22,27H,11,13,16H2,1H3,(H,26,28). The van der Waals surface area contributed by atoms with E-state index in [1.807, 2.05) is 36.4 Å². The van der Waals surface area contributed by atoms with Crippen molar-refractivity contribution in [2.24, 2.45) is 0 Å². The second kappa shape index (κ2) is 9.73. The number of hydrogen-bond acceptors (Lipinski definition) is 3. The fourth-order valence-electron chi connectivity index (χ4n) is 3.25. The van der Waals surface area contributed by atoms with Crippen molar-refractivity contribution >= 4 is 5.91 Å². The van der Waals surface area contributed by atoms with E-state index in [1.165, 1.54) is 13.2 Å².